The van der Waals surface area contributed by atoms with Gasteiger partial charge in [0.05, 0.1) is 11.0 Å². The minimum absolute atomic E-state index is 0.928. The minimum Gasteiger partial charge on any atom is -0.338 e. The Labute approximate surface area is 173 Å². The third-order valence-corrected chi connectivity index (χ3v) is 4.78. The molecule has 15 heteroatoms. The molecule has 32 heavy (non-hydrogen) atoms. The smallest absolute Gasteiger partial charge is 0.338 e. The number of nitrogens with one attached hydrogen (secondary N) is 1. The van der Waals surface area contributed by atoms with E-state index in [9.17, 15) is 47.9 Å². The molecular formula is C17H11F9N2O3S. The second-order valence-corrected chi connectivity index (χ2v) is 7.57. The molecule has 0 radical (unpaired) electrons. The van der Waals surface area contributed by atoms with Gasteiger partial charge in [0.15, 0.2) is 0 Å². The first-order valence-corrected chi connectivity index (χ1v) is 9.55. The molecule has 2 N–H and O–H groups in total. The Morgan fingerprint density at radius 3 is 1.72 bits per heavy atom. The zero-order valence-electron chi connectivity index (χ0n) is 15.2. The Hall–Kier alpha value is -2.81. The van der Waals surface area contributed by atoms with Crippen molar-refractivity contribution in [2.45, 2.75) is 23.3 Å². The van der Waals surface area contributed by atoms with Gasteiger partial charge >= 0.3 is 33.4 Å². The first-order chi connectivity index (χ1) is 14.4. The molecule has 1 aromatic heterocycles. The van der Waals surface area contributed by atoms with Crippen molar-refractivity contribution in [1.82, 2.24) is 9.97 Å². The summed E-state index contributed by atoms with van der Waals surface area (Å²) in [7, 11) is -7.17. The quantitative estimate of drug-likeness (QED) is 0.369. The van der Waals surface area contributed by atoms with Gasteiger partial charge in [0.25, 0.3) is 0 Å². The predicted octanol–water partition coefficient (Wildman–Crippen LogP) is 5.53. The molecule has 0 aliphatic rings. The third-order valence-electron chi connectivity index (χ3n) is 3.88. The number of aromatic nitrogens is 2. The highest BCUT2D eigenvalue weighted by Crippen LogP contribution is 2.54. The van der Waals surface area contributed by atoms with Gasteiger partial charge in [-0.1, -0.05) is 42.5 Å². The van der Waals surface area contributed by atoms with Crippen LogP contribution in [0.5, 0.6) is 0 Å². The normalized spacial score (nSPS) is 13.6. The minimum atomic E-state index is -7.37. The maximum atomic E-state index is 12.2. The molecule has 0 saturated heterocycles. The number of hydrogen-bond acceptors (Lipinski definition) is 3. The molecule has 3 aromatic rings. The van der Waals surface area contributed by atoms with E-state index in [0.717, 1.165) is 22.4 Å². The average molecular weight is 494 g/mol. The van der Waals surface area contributed by atoms with Crippen molar-refractivity contribution in [3.05, 3.63) is 54.6 Å². The molecule has 0 bridgehead atoms. The zero-order chi connectivity index (χ0) is 24.6. The fourth-order valence-corrected chi connectivity index (χ4v) is 2.66. The molecule has 0 spiro atoms. The summed E-state index contributed by atoms with van der Waals surface area (Å²) in [5.74, 6) is -13.8. The van der Waals surface area contributed by atoms with Crippen molar-refractivity contribution >= 4 is 21.2 Å². The van der Waals surface area contributed by atoms with Gasteiger partial charge in [0.2, 0.25) is 0 Å². The number of benzene rings is 2. The molecule has 1 heterocycles. The van der Waals surface area contributed by atoms with E-state index in [1.165, 1.54) is 0 Å². The van der Waals surface area contributed by atoms with E-state index in [4.69, 9.17) is 4.55 Å². The van der Waals surface area contributed by atoms with Crippen LogP contribution >= 0.6 is 0 Å². The number of fused-ring (bicyclic) bond motifs is 1. The first-order valence-electron chi connectivity index (χ1n) is 8.11. The summed E-state index contributed by atoms with van der Waals surface area (Å²) >= 11 is 0. The van der Waals surface area contributed by atoms with E-state index in [1.54, 1.807) is 0 Å². The van der Waals surface area contributed by atoms with E-state index in [0.29, 0.717) is 0 Å². The molecule has 0 aliphatic heterocycles. The molecular weight excluding hydrogens is 483 g/mol. The van der Waals surface area contributed by atoms with E-state index in [1.807, 2.05) is 42.5 Å². The fourth-order valence-electron chi connectivity index (χ4n) is 2.21. The largest absolute Gasteiger partial charge is 0.460 e. The monoisotopic (exact) mass is 494 g/mol. The Kier molecular flexibility index (Phi) is 6.58. The van der Waals surface area contributed by atoms with Crippen molar-refractivity contribution in [3.63, 3.8) is 0 Å². The van der Waals surface area contributed by atoms with E-state index in [2.05, 4.69) is 22.1 Å². The van der Waals surface area contributed by atoms with E-state index < -0.39 is 33.4 Å². The lowest BCUT2D eigenvalue weighted by Gasteiger charge is -2.31. The van der Waals surface area contributed by atoms with Gasteiger partial charge in [-0.3, -0.25) is 4.55 Å². The van der Waals surface area contributed by atoms with Gasteiger partial charge in [0, 0.05) is 5.56 Å². The molecule has 0 fully saturated rings. The molecule has 3 rings (SSSR count). The number of imidazole rings is 1. The van der Waals surface area contributed by atoms with Crippen LogP contribution in [0.3, 0.4) is 0 Å². The number of para-hydroxylation sites is 2. The van der Waals surface area contributed by atoms with Gasteiger partial charge in [0.1, 0.15) is 5.82 Å². The number of H-pyrrole nitrogens is 1. The number of aromatic amines is 1. The number of rotatable bonds is 4. The molecule has 176 valence electrons. The molecule has 0 atom stereocenters. The molecule has 5 nitrogen and oxygen atoms in total. The van der Waals surface area contributed by atoms with Crippen molar-refractivity contribution in [2.75, 3.05) is 0 Å². The molecule has 0 unspecified atom stereocenters. The summed E-state index contributed by atoms with van der Waals surface area (Å²) in [4.78, 5) is 7.83. The van der Waals surface area contributed by atoms with Gasteiger partial charge in [-0.05, 0) is 12.1 Å². The standard InChI is InChI=1S/C13H10N2.C4HF9O3S/c1-2-6-10(7-3-1)13-14-11-8-4-5-9-12(11)15-13;5-1(6,3(9,10)11)2(7,8)4(12,13)17(14,15)16/h1-9H,(H,14,15);(H,14,15,16). The van der Waals surface area contributed by atoms with Crippen LogP contribution in [0, 0.1) is 0 Å². The number of hydrogen-bond donors (Lipinski definition) is 2. The lowest BCUT2D eigenvalue weighted by molar-refractivity contribution is -0.382. The first kappa shape index (κ1) is 25.5. The van der Waals surface area contributed by atoms with Crippen LogP contribution in [-0.2, 0) is 10.1 Å². The van der Waals surface area contributed by atoms with E-state index >= 15 is 0 Å². The number of alkyl halides is 9. The van der Waals surface area contributed by atoms with Crippen molar-refractivity contribution in [1.29, 1.82) is 0 Å². The van der Waals surface area contributed by atoms with Crippen molar-refractivity contribution in [3.8, 4) is 11.4 Å². The highest BCUT2D eigenvalue weighted by atomic mass is 32.2. The van der Waals surface area contributed by atoms with Gasteiger partial charge in [-0.2, -0.15) is 47.9 Å². The summed E-state index contributed by atoms with van der Waals surface area (Å²) in [6.07, 6.45) is -7.13. The summed E-state index contributed by atoms with van der Waals surface area (Å²) < 4.78 is 134. The summed E-state index contributed by atoms with van der Waals surface area (Å²) in [5.41, 5.74) is 3.21. The SMILES string of the molecule is O=S(=O)(O)C(F)(F)C(F)(F)C(F)(F)C(F)(F)F.c1ccc(-c2nc3ccccc3[nH]2)cc1. The van der Waals surface area contributed by atoms with Crippen LogP contribution in [0.25, 0.3) is 22.4 Å². The highest BCUT2D eigenvalue weighted by Gasteiger charge is 2.85. The maximum Gasteiger partial charge on any atom is 0.460 e. The van der Waals surface area contributed by atoms with Crippen LogP contribution in [0.4, 0.5) is 39.5 Å². The predicted molar refractivity (Wildman–Crippen MR) is 94.0 cm³/mol. The third kappa shape index (κ3) is 4.53. The maximum absolute atomic E-state index is 12.2. The topological polar surface area (TPSA) is 83.1 Å². The summed E-state index contributed by atoms with van der Waals surface area (Å²) in [6.45, 7) is 0. The fraction of sp³-hybridized carbons (Fsp3) is 0.235. The van der Waals surface area contributed by atoms with Gasteiger partial charge in [-0.25, -0.2) is 4.98 Å². The molecule has 0 aliphatic carbocycles. The van der Waals surface area contributed by atoms with Crippen LogP contribution in [0.15, 0.2) is 54.6 Å². The van der Waals surface area contributed by atoms with Gasteiger partial charge in [-0.15, -0.1) is 0 Å². The van der Waals surface area contributed by atoms with E-state index in [-0.39, 0.29) is 0 Å². The Balaban J connectivity index is 0.000000227. The lowest BCUT2D eigenvalue weighted by Crippen LogP contribution is -2.63. The Morgan fingerprint density at radius 2 is 1.25 bits per heavy atom. The summed E-state index contributed by atoms with van der Waals surface area (Å²) in [6, 6.07) is 18.2. The average Bonchev–Trinajstić information content (AvgIpc) is 3.11. The van der Waals surface area contributed by atoms with Crippen LogP contribution < -0.4 is 0 Å². The number of nitrogens with zero attached hydrogens (tertiary/aromatic N) is 1. The molecule has 2 aromatic carbocycles. The van der Waals surface area contributed by atoms with Crippen molar-refractivity contribution in [2.24, 2.45) is 0 Å². The van der Waals surface area contributed by atoms with Crippen LogP contribution in [-0.4, -0.2) is 46.2 Å². The molecule has 0 amide bonds. The van der Waals surface area contributed by atoms with Gasteiger partial charge < -0.3 is 4.98 Å². The second-order valence-electron chi connectivity index (χ2n) is 6.11. The van der Waals surface area contributed by atoms with Crippen LogP contribution in [0.2, 0.25) is 0 Å². The summed E-state index contributed by atoms with van der Waals surface area (Å²) in [5, 5.41) is -7.00. The molecule has 0 saturated carbocycles. The number of halogens is 9. The Morgan fingerprint density at radius 1 is 0.750 bits per heavy atom. The van der Waals surface area contributed by atoms with Crippen molar-refractivity contribution < 1.29 is 52.5 Å². The highest BCUT2D eigenvalue weighted by molar-refractivity contribution is 7.87. The lowest BCUT2D eigenvalue weighted by atomic mass is 10.1. The zero-order valence-corrected chi connectivity index (χ0v) is 16.0. The second kappa shape index (κ2) is 8.27. The Bertz CT molecular complexity index is 1140. The van der Waals surface area contributed by atoms with Crippen LogP contribution in [0.1, 0.15) is 0 Å².